The lowest BCUT2D eigenvalue weighted by Crippen LogP contribution is -2.31. The molecule has 2 fully saturated rings. The highest BCUT2D eigenvalue weighted by Gasteiger charge is 2.37. The third-order valence-corrected chi connectivity index (χ3v) is 5.41. The molecular formula is C17H24N4. The van der Waals surface area contributed by atoms with Crippen LogP contribution in [0.5, 0.6) is 0 Å². The maximum atomic E-state index is 9.16. The minimum atomic E-state index is 0.449. The molecule has 1 aliphatic heterocycles. The number of nitrogens with zero attached hydrogens (tertiary/aromatic N) is 3. The lowest BCUT2D eigenvalue weighted by molar-refractivity contribution is 0.330. The van der Waals surface area contributed by atoms with Crippen molar-refractivity contribution in [1.82, 2.24) is 15.1 Å². The number of rotatable bonds is 3. The van der Waals surface area contributed by atoms with Crippen LogP contribution in [-0.2, 0) is 6.42 Å². The summed E-state index contributed by atoms with van der Waals surface area (Å²) >= 11 is 0. The molecule has 21 heavy (non-hydrogen) atoms. The monoisotopic (exact) mass is 284 g/mol. The second-order valence-corrected chi connectivity index (χ2v) is 6.90. The fraction of sp³-hybridized carbons (Fsp3) is 0.765. The van der Waals surface area contributed by atoms with Gasteiger partial charge in [-0.25, -0.2) is 0 Å². The molecule has 3 aliphatic rings. The number of aromatic nitrogens is 2. The molecule has 0 radical (unpaired) electrons. The SMILES string of the molecule is N#CCC1CCCc2c1c(C1CC1)nn2C1CCNCC1. The summed E-state index contributed by atoms with van der Waals surface area (Å²) in [6, 6.07) is 2.98. The molecule has 0 aromatic carbocycles. The van der Waals surface area contributed by atoms with E-state index >= 15 is 0 Å². The summed E-state index contributed by atoms with van der Waals surface area (Å²) in [4.78, 5) is 0. The van der Waals surface area contributed by atoms with Gasteiger partial charge >= 0.3 is 0 Å². The summed E-state index contributed by atoms with van der Waals surface area (Å²) in [6.07, 6.45) is 9.23. The standard InChI is InChI=1S/C17H24N4/c18-9-6-12-2-1-3-15-16(12)17(13-4-5-13)20-21(15)14-7-10-19-11-8-14/h12-14,19H,1-8,10-11H2. The summed E-state index contributed by atoms with van der Waals surface area (Å²) in [6.45, 7) is 2.22. The summed E-state index contributed by atoms with van der Waals surface area (Å²) in [5, 5.41) is 17.7. The van der Waals surface area contributed by atoms with Crippen LogP contribution in [0, 0.1) is 11.3 Å². The van der Waals surface area contributed by atoms with E-state index in [-0.39, 0.29) is 0 Å². The Kier molecular flexibility index (Phi) is 3.46. The molecule has 4 rings (SSSR count). The Morgan fingerprint density at radius 1 is 1.19 bits per heavy atom. The van der Waals surface area contributed by atoms with Gasteiger partial charge in [0.05, 0.1) is 17.8 Å². The molecule has 1 saturated heterocycles. The Hall–Kier alpha value is -1.34. The Labute approximate surface area is 126 Å². The largest absolute Gasteiger partial charge is 0.317 e. The van der Waals surface area contributed by atoms with Crippen LogP contribution in [0.15, 0.2) is 0 Å². The average Bonchev–Trinajstić information content (AvgIpc) is 3.29. The number of nitriles is 1. The zero-order valence-electron chi connectivity index (χ0n) is 12.6. The first-order valence-electron chi connectivity index (χ1n) is 8.57. The van der Waals surface area contributed by atoms with Gasteiger partial charge in [-0.2, -0.15) is 10.4 Å². The van der Waals surface area contributed by atoms with Crippen LogP contribution in [0.4, 0.5) is 0 Å². The van der Waals surface area contributed by atoms with E-state index in [9.17, 15) is 0 Å². The van der Waals surface area contributed by atoms with Gasteiger partial charge in [-0.15, -0.1) is 0 Å². The van der Waals surface area contributed by atoms with Gasteiger partial charge in [0.15, 0.2) is 0 Å². The quantitative estimate of drug-likeness (QED) is 0.928. The van der Waals surface area contributed by atoms with E-state index in [0.717, 1.165) is 13.1 Å². The molecule has 2 aliphatic carbocycles. The molecule has 1 saturated carbocycles. The molecule has 0 amide bonds. The molecule has 1 aromatic rings. The van der Waals surface area contributed by atoms with Crippen molar-refractivity contribution >= 4 is 0 Å². The maximum Gasteiger partial charge on any atom is 0.0693 e. The number of hydrogen-bond donors (Lipinski definition) is 1. The van der Waals surface area contributed by atoms with Crippen LogP contribution in [-0.4, -0.2) is 22.9 Å². The predicted molar refractivity (Wildman–Crippen MR) is 81.3 cm³/mol. The molecule has 4 nitrogen and oxygen atoms in total. The molecule has 1 atom stereocenters. The number of nitrogens with one attached hydrogen (secondary N) is 1. The zero-order valence-corrected chi connectivity index (χ0v) is 12.6. The molecule has 4 heteroatoms. The van der Waals surface area contributed by atoms with Crippen molar-refractivity contribution in [3.05, 3.63) is 17.0 Å². The van der Waals surface area contributed by atoms with E-state index in [1.165, 1.54) is 61.9 Å². The van der Waals surface area contributed by atoms with Crippen molar-refractivity contribution in [2.75, 3.05) is 13.1 Å². The minimum Gasteiger partial charge on any atom is -0.317 e. The fourth-order valence-corrected chi connectivity index (χ4v) is 4.18. The van der Waals surface area contributed by atoms with Gasteiger partial charge in [0, 0.05) is 29.5 Å². The third-order valence-electron chi connectivity index (χ3n) is 5.41. The lowest BCUT2D eigenvalue weighted by atomic mass is 9.82. The van der Waals surface area contributed by atoms with E-state index < -0.39 is 0 Å². The van der Waals surface area contributed by atoms with Crippen LogP contribution in [0.25, 0.3) is 0 Å². The average molecular weight is 284 g/mol. The Bertz CT molecular complexity index is 558. The molecule has 1 aromatic heterocycles. The number of hydrogen-bond acceptors (Lipinski definition) is 3. The summed E-state index contributed by atoms with van der Waals surface area (Å²) in [5.41, 5.74) is 4.34. The molecular weight excluding hydrogens is 260 g/mol. The first-order valence-corrected chi connectivity index (χ1v) is 8.57. The number of piperidine rings is 1. The first-order chi connectivity index (χ1) is 10.4. The van der Waals surface area contributed by atoms with Crippen molar-refractivity contribution in [3.8, 4) is 6.07 Å². The van der Waals surface area contributed by atoms with E-state index in [2.05, 4.69) is 16.1 Å². The molecule has 112 valence electrons. The number of fused-ring (bicyclic) bond motifs is 1. The van der Waals surface area contributed by atoms with Crippen LogP contribution < -0.4 is 5.32 Å². The van der Waals surface area contributed by atoms with Crippen LogP contribution in [0.3, 0.4) is 0 Å². The van der Waals surface area contributed by atoms with Gasteiger partial charge in [-0.1, -0.05) is 0 Å². The maximum absolute atomic E-state index is 9.16. The van der Waals surface area contributed by atoms with Gasteiger partial charge in [0.1, 0.15) is 0 Å². The highest BCUT2D eigenvalue weighted by atomic mass is 15.3. The zero-order chi connectivity index (χ0) is 14.2. The lowest BCUT2D eigenvalue weighted by Gasteiger charge is -2.27. The van der Waals surface area contributed by atoms with Crippen molar-refractivity contribution in [1.29, 1.82) is 5.26 Å². The molecule has 0 bridgehead atoms. The highest BCUT2D eigenvalue weighted by molar-refractivity contribution is 5.37. The summed E-state index contributed by atoms with van der Waals surface area (Å²) in [5.74, 6) is 1.14. The van der Waals surface area contributed by atoms with E-state index in [0.29, 0.717) is 24.3 Å². The fourth-order valence-electron chi connectivity index (χ4n) is 4.18. The van der Waals surface area contributed by atoms with E-state index in [4.69, 9.17) is 10.4 Å². The van der Waals surface area contributed by atoms with Crippen LogP contribution in [0.1, 0.15) is 79.8 Å². The van der Waals surface area contributed by atoms with Gasteiger partial charge in [-0.3, -0.25) is 4.68 Å². The molecule has 1 N–H and O–H groups in total. The van der Waals surface area contributed by atoms with Gasteiger partial charge in [0.25, 0.3) is 0 Å². The molecule has 2 heterocycles. The minimum absolute atomic E-state index is 0.449. The normalized spacial score (nSPS) is 26.3. The van der Waals surface area contributed by atoms with Crippen molar-refractivity contribution in [3.63, 3.8) is 0 Å². The van der Waals surface area contributed by atoms with Gasteiger partial charge in [-0.05, 0) is 58.0 Å². The van der Waals surface area contributed by atoms with E-state index in [1.54, 1.807) is 0 Å². The summed E-state index contributed by atoms with van der Waals surface area (Å²) in [7, 11) is 0. The summed E-state index contributed by atoms with van der Waals surface area (Å²) < 4.78 is 2.38. The molecule has 1 unspecified atom stereocenters. The Balaban J connectivity index is 1.74. The van der Waals surface area contributed by atoms with Gasteiger partial charge in [0.2, 0.25) is 0 Å². The molecule has 0 spiro atoms. The first kappa shape index (κ1) is 13.3. The van der Waals surface area contributed by atoms with Gasteiger partial charge < -0.3 is 5.32 Å². The smallest absolute Gasteiger partial charge is 0.0693 e. The Morgan fingerprint density at radius 2 is 2.00 bits per heavy atom. The van der Waals surface area contributed by atoms with E-state index in [1.807, 2.05) is 0 Å². The third kappa shape index (κ3) is 2.38. The van der Waals surface area contributed by atoms with Crippen LogP contribution in [0.2, 0.25) is 0 Å². The van der Waals surface area contributed by atoms with Crippen molar-refractivity contribution in [2.45, 2.75) is 69.2 Å². The van der Waals surface area contributed by atoms with Crippen molar-refractivity contribution in [2.24, 2.45) is 0 Å². The second-order valence-electron chi connectivity index (χ2n) is 6.90. The van der Waals surface area contributed by atoms with Crippen molar-refractivity contribution < 1.29 is 0 Å². The highest BCUT2D eigenvalue weighted by Crippen LogP contribution is 2.47. The predicted octanol–water partition coefficient (Wildman–Crippen LogP) is 3.02. The Morgan fingerprint density at radius 3 is 2.71 bits per heavy atom. The van der Waals surface area contributed by atoms with Crippen LogP contribution >= 0.6 is 0 Å². The second kappa shape index (κ2) is 5.46. The topological polar surface area (TPSA) is 53.6 Å².